The summed E-state index contributed by atoms with van der Waals surface area (Å²) in [5.74, 6) is 0. The summed E-state index contributed by atoms with van der Waals surface area (Å²) in [7, 11) is 1.82. The van der Waals surface area contributed by atoms with Crippen molar-refractivity contribution in [1.82, 2.24) is 20.4 Å². The molecule has 1 unspecified atom stereocenters. The van der Waals surface area contributed by atoms with Gasteiger partial charge in [-0.15, -0.1) is 0 Å². The zero-order valence-corrected chi connectivity index (χ0v) is 12.0. The molecule has 0 aliphatic heterocycles. The molecule has 0 aliphatic carbocycles. The van der Waals surface area contributed by atoms with E-state index < -0.39 is 6.10 Å². The van der Waals surface area contributed by atoms with Crippen molar-refractivity contribution < 1.29 is 9.90 Å². The van der Waals surface area contributed by atoms with Crippen LogP contribution in [0.5, 0.6) is 0 Å². The van der Waals surface area contributed by atoms with E-state index >= 15 is 0 Å². The molecule has 1 atom stereocenters. The Kier molecular flexibility index (Phi) is 5.34. The molecule has 1 heterocycles. The van der Waals surface area contributed by atoms with Gasteiger partial charge in [-0.2, -0.15) is 5.10 Å². The van der Waals surface area contributed by atoms with E-state index in [1.165, 1.54) is 0 Å². The Labute approximate surface area is 123 Å². The second kappa shape index (κ2) is 7.44. The third-order valence-corrected chi connectivity index (χ3v) is 3.02. The first-order valence-electron chi connectivity index (χ1n) is 6.84. The number of hydrogen-bond donors (Lipinski definition) is 3. The van der Waals surface area contributed by atoms with Crippen LogP contribution in [-0.2, 0) is 20.0 Å². The van der Waals surface area contributed by atoms with E-state index in [0.29, 0.717) is 13.0 Å². The first-order valence-corrected chi connectivity index (χ1v) is 6.84. The average molecular weight is 288 g/mol. The van der Waals surface area contributed by atoms with Gasteiger partial charge in [-0.3, -0.25) is 4.68 Å². The zero-order chi connectivity index (χ0) is 15.1. The monoisotopic (exact) mass is 288 g/mol. The van der Waals surface area contributed by atoms with Gasteiger partial charge < -0.3 is 15.7 Å². The summed E-state index contributed by atoms with van der Waals surface area (Å²) in [5, 5.41) is 19.3. The van der Waals surface area contributed by atoms with E-state index in [4.69, 9.17) is 0 Å². The van der Waals surface area contributed by atoms with Crippen LogP contribution in [-0.4, -0.2) is 33.6 Å². The van der Waals surface area contributed by atoms with E-state index in [1.54, 1.807) is 10.9 Å². The maximum absolute atomic E-state index is 11.6. The van der Waals surface area contributed by atoms with Crippen molar-refractivity contribution in [1.29, 1.82) is 0 Å². The summed E-state index contributed by atoms with van der Waals surface area (Å²) < 4.78 is 1.68. The highest BCUT2D eigenvalue weighted by Crippen LogP contribution is 2.02. The molecule has 2 rings (SSSR count). The van der Waals surface area contributed by atoms with Gasteiger partial charge in [-0.05, 0) is 5.56 Å². The minimum atomic E-state index is -0.600. The Bertz CT molecular complexity index is 568. The topological polar surface area (TPSA) is 79.2 Å². The highest BCUT2D eigenvalue weighted by atomic mass is 16.3. The smallest absolute Gasteiger partial charge is 0.315 e. The third kappa shape index (κ3) is 5.27. The van der Waals surface area contributed by atoms with Crippen LogP contribution in [0.15, 0.2) is 42.7 Å². The fourth-order valence-electron chi connectivity index (χ4n) is 1.98. The number of amides is 2. The van der Waals surface area contributed by atoms with Gasteiger partial charge in [0, 0.05) is 38.3 Å². The van der Waals surface area contributed by atoms with E-state index in [9.17, 15) is 9.90 Å². The van der Waals surface area contributed by atoms with Crippen LogP contribution in [0, 0.1) is 0 Å². The molecule has 21 heavy (non-hydrogen) atoms. The number of aliphatic hydroxyl groups is 1. The molecule has 0 aliphatic rings. The van der Waals surface area contributed by atoms with E-state index in [1.807, 2.05) is 43.6 Å². The number of nitrogens with zero attached hydrogens (tertiary/aromatic N) is 2. The second-order valence-corrected chi connectivity index (χ2v) is 4.93. The molecule has 3 N–H and O–H groups in total. The Morgan fingerprint density at radius 1 is 1.29 bits per heavy atom. The van der Waals surface area contributed by atoms with Crippen LogP contribution < -0.4 is 10.6 Å². The number of urea groups is 1. The van der Waals surface area contributed by atoms with E-state index in [2.05, 4.69) is 15.7 Å². The number of aliphatic hydroxyl groups excluding tert-OH is 1. The lowest BCUT2D eigenvalue weighted by Gasteiger charge is -2.12. The van der Waals surface area contributed by atoms with Crippen LogP contribution in [0.4, 0.5) is 4.79 Å². The summed E-state index contributed by atoms with van der Waals surface area (Å²) in [6.45, 7) is 0.627. The third-order valence-electron chi connectivity index (χ3n) is 3.02. The van der Waals surface area contributed by atoms with Gasteiger partial charge in [0.2, 0.25) is 0 Å². The molecule has 1 aromatic heterocycles. The summed E-state index contributed by atoms with van der Waals surface area (Å²) in [4.78, 5) is 11.6. The number of hydrogen-bond acceptors (Lipinski definition) is 3. The van der Waals surface area contributed by atoms with Crippen molar-refractivity contribution in [3.8, 4) is 0 Å². The molecule has 0 bridgehead atoms. The van der Waals surface area contributed by atoms with Crippen molar-refractivity contribution >= 4 is 6.03 Å². The van der Waals surface area contributed by atoms with Gasteiger partial charge >= 0.3 is 6.03 Å². The van der Waals surface area contributed by atoms with Gasteiger partial charge in [0.05, 0.1) is 12.3 Å². The van der Waals surface area contributed by atoms with Crippen molar-refractivity contribution in [2.45, 2.75) is 19.1 Å². The lowest BCUT2D eigenvalue weighted by atomic mass is 10.1. The van der Waals surface area contributed by atoms with E-state index in [0.717, 1.165) is 11.1 Å². The summed E-state index contributed by atoms with van der Waals surface area (Å²) in [6, 6.07) is 9.38. The molecule has 6 heteroatoms. The largest absolute Gasteiger partial charge is 0.391 e. The number of aromatic nitrogens is 2. The number of carbonyl (C=O) groups is 1. The molecule has 0 saturated heterocycles. The number of benzene rings is 1. The van der Waals surface area contributed by atoms with Crippen molar-refractivity contribution in [2.75, 3.05) is 6.54 Å². The second-order valence-electron chi connectivity index (χ2n) is 4.93. The number of nitrogens with one attached hydrogen (secondary N) is 2. The van der Waals surface area contributed by atoms with E-state index in [-0.39, 0.29) is 12.6 Å². The molecule has 0 radical (unpaired) electrons. The minimum Gasteiger partial charge on any atom is -0.391 e. The standard InChI is InChI=1S/C15H20N4O2/c1-19-11-13(9-18-19)8-16-15(21)17-10-14(20)7-12-5-3-2-4-6-12/h2-6,9,11,14,20H,7-8,10H2,1H3,(H2,16,17,21). The summed E-state index contributed by atoms with van der Waals surface area (Å²) in [5.41, 5.74) is 1.97. The maximum atomic E-state index is 11.6. The SMILES string of the molecule is Cn1cc(CNC(=O)NCC(O)Cc2ccccc2)cn1. The van der Waals surface area contributed by atoms with Crippen molar-refractivity contribution in [2.24, 2.45) is 7.05 Å². The van der Waals surface area contributed by atoms with Crippen molar-refractivity contribution in [3.63, 3.8) is 0 Å². The Morgan fingerprint density at radius 2 is 2.05 bits per heavy atom. The predicted molar refractivity (Wildman–Crippen MR) is 79.6 cm³/mol. The van der Waals surface area contributed by atoms with Gasteiger partial charge in [0.1, 0.15) is 0 Å². The fourth-order valence-corrected chi connectivity index (χ4v) is 1.98. The summed E-state index contributed by atoms with van der Waals surface area (Å²) >= 11 is 0. The molecule has 0 saturated carbocycles. The van der Waals surface area contributed by atoms with Gasteiger partial charge in [0.15, 0.2) is 0 Å². The normalized spacial score (nSPS) is 11.9. The lowest BCUT2D eigenvalue weighted by Crippen LogP contribution is -2.39. The lowest BCUT2D eigenvalue weighted by molar-refractivity contribution is 0.170. The zero-order valence-electron chi connectivity index (χ0n) is 12.0. The first kappa shape index (κ1) is 15.1. The molecule has 0 fully saturated rings. The Hall–Kier alpha value is -2.34. The molecule has 6 nitrogen and oxygen atoms in total. The molecule has 112 valence electrons. The number of carbonyl (C=O) groups excluding carboxylic acids is 1. The minimum absolute atomic E-state index is 0.216. The van der Waals surface area contributed by atoms with Crippen LogP contribution >= 0.6 is 0 Å². The van der Waals surface area contributed by atoms with Gasteiger partial charge in [0.25, 0.3) is 0 Å². The molecule has 2 amide bonds. The van der Waals surface area contributed by atoms with Crippen LogP contribution in [0.3, 0.4) is 0 Å². The van der Waals surface area contributed by atoms with Crippen LogP contribution in [0.1, 0.15) is 11.1 Å². The van der Waals surface area contributed by atoms with Crippen LogP contribution in [0.25, 0.3) is 0 Å². The molecule has 1 aromatic carbocycles. The molecule has 0 spiro atoms. The predicted octanol–water partition coefficient (Wildman–Crippen LogP) is 0.823. The van der Waals surface area contributed by atoms with Crippen LogP contribution in [0.2, 0.25) is 0 Å². The molecular weight excluding hydrogens is 268 g/mol. The number of aryl methyl sites for hydroxylation is 1. The fraction of sp³-hybridized carbons (Fsp3) is 0.333. The highest BCUT2D eigenvalue weighted by Gasteiger charge is 2.08. The molecule has 2 aromatic rings. The quantitative estimate of drug-likeness (QED) is 0.736. The Morgan fingerprint density at radius 3 is 2.71 bits per heavy atom. The van der Waals surface area contributed by atoms with Gasteiger partial charge in [-0.25, -0.2) is 4.79 Å². The van der Waals surface area contributed by atoms with Gasteiger partial charge in [-0.1, -0.05) is 30.3 Å². The average Bonchev–Trinajstić information content (AvgIpc) is 2.90. The highest BCUT2D eigenvalue weighted by molar-refractivity contribution is 5.73. The van der Waals surface area contributed by atoms with Crippen molar-refractivity contribution in [3.05, 3.63) is 53.9 Å². The number of rotatable bonds is 6. The maximum Gasteiger partial charge on any atom is 0.315 e. The summed E-state index contributed by atoms with van der Waals surface area (Å²) in [6.07, 6.45) is 3.45. The Balaban J connectivity index is 1.66. The first-order chi connectivity index (χ1) is 10.1. The molecular formula is C15H20N4O2.